The highest BCUT2D eigenvalue weighted by Crippen LogP contribution is 2.18. The number of benzene rings is 3. The minimum atomic E-state index is -0.198. The smallest absolute Gasteiger partial charge is 0.262 e. The maximum Gasteiger partial charge on any atom is 0.262 e. The zero-order valence-corrected chi connectivity index (χ0v) is 19.4. The molecule has 0 aliphatic heterocycles. The molecule has 0 spiro atoms. The first kappa shape index (κ1) is 22.1. The van der Waals surface area contributed by atoms with Crippen LogP contribution in [0.15, 0.2) is 77.6 Å². The molecular weight excluding hydrogens is 444 g/mol. The predicted octanol–water partition coefficient (Wildman–Crippen LogP) is 3.84. The lowest BCUT2D eigenvalue weighted by Gasteiger charge is -2.10. The van der Waals surface area contributed by atoms with Crippen molar-refractivity contribution in [2.24, 2.45) is 7.05 Å². The van der Waals surface area contributed by atoms with Gasteiger partial charge < -0.3 is 15.4 Å². The lowest BCUT2D eigenvalue weighted by molar-refractivity contribution is 0.102. The van der Waals surface area contributed by atoms with E-state index in [4.69, 9.17) is 4.74 Å². The highest BCUT2D eigenvalue weighted by Gasteiger charge is 2.14. The van der Waals surface area contributed by atoms with Gasteiger partial charge in [-0.1, -0.05) is 12.1 Å². The van der Waals surface area contributed by atoms with E-state index in [2.05, 4.69) is 20.8 Å². The first-order valence-electron chi connectivity index (χ1n) is 11.2. The van der Waals surface area contributed by atoms with Gasteiger partial charge in [-0.15, -0.1) is 10.2 Å². The van der Waals surface area contributed by atoms with Crippen molar-refractivity contribution >= 4 is 34.0 Å². The van der Waals surface area contributed by atoms with Gasteiger partial charge in [0.1, 0.15) is 5.75 Å². The Morgan fingerprint density at radius 2 is 1.66 bits per heavy atom. The van der Waals surface area contributed by atoms with Crippen LogP contribution in [-0.2, 0) is 13.6 Å². The van der Waals surface area contributed by atoms with E-state index in [0.717, 1.165) is 17.0 Å². The molecule has 3 aromatic carbocycles. The van der Waals surface area contributed by atoms with Gasteiger partial charge in [-0.25, -0.2) is 0 Å². The van der Waals surface area contributed by atoms with Gasteiger partial charge >= 0.3 is 0 Å². The molecule has 0 aliphatic carbocycles. The van der Waals surface area contributed by atoms with Crippen LogP contribution >= 0.6 is 0 Å². The van der Waals surface area contributed by atoms with Crippen LogP contribution in [0.2, 0.25) is 0 Å². The van der Waals surface area contributed by atoms with Crippen LogP contribution in [0.5, 0.6) is 5.75 Å². The molecule has 0 fully saturated rings. The number of amides is 1. The summed E-state index contributed by atoms with van der Waals surface area (Å²) in [4.78, 5) is 25.2. The quantitative estimate of drug-likeness (QED) is 0.376. The first-order valence-corrected chi connectivity index (χ1v) is 11.2. The van der Waals surface area contributed by atoms with E-state index in [1.54, 1.807) is 37.4 Å². The Hall–Kier alpha value is -4.66. The third kappa shape index (κ3) is 4.31. The third-order valence-corrected chi connectivity index (χ3v) is 5.71. The van der Waals surface area contributed by atoms with Crippen molar-refractivity contribution in [3.63, 3.8) is 0 Å². The van der Waals surface area contributed by atoms with Crippen molar-refractivity contribution in [3.8, 4) is 5.75 Å². The van der Waals surface area contributed by atoms with Crippen LogP contribution in [0.1, 0.15) is 23.1 Å². The zero-order chi connectivity index (χ0) is 24.4. The summed E-state index contributed by atoms with van der Waals surface area (Å²) in [7, 11) is 1.69. The third-order valence-electron chi connectivity index (χ3n) is 5.71. The summed E-state index contributed by atoms with van der Waals surface area (Å²) in [6.45, 7) is 2.91. The number of fused-ring (bicyclic) bond motifs is 3. The van der Waals surface area contributed by atoms with Gasteiger partial charge in [-0.3, -0.25) is 18.6 Å². The first-order chi connectivity index (χ1) is 17.0. The van der Waals surface area contributed by atoms with Gasteiger partial charge in [-0.2, -0.15) is 0 Å². The number of nitrogens with zero attached hydrogens (tertiary/aromatic N) is 4. The summed E-state index contributed by atoms with van der Waals surface area (Å²) in [5, 5.41) is 15.3. The molecule has 5 rings (SSSR count). The number of aromatic nitrogens is 4. The summed E-state index contributed by atoms with van der Waals surface area (Å²) in [5.41, 5.74) is 2.71. The Morgan fingerprint density at radius 1 is 0.943 bits per heavy atom. The molecular formula is C26H24N6O3. The molecule has 0 radical (unpaired) electrons. The van der Waals surface area contributed by atoms with Gasteiger partial charge in [0.2, 0.25) is 5.78 Å². The number of nitrogens with one attached hydrogen (secondary N) is 2. The fourth-order valence-electron chi connectivity index (χ4n) is 3.93. The van der Waals surface area contributed by atoms with Crippen LogP contribution in [0.4, 0.5) is 11.4 Å². The summed E-state index contributed by atoms with van der Waals surface area (Å²) >= 11 is 0. The van der Waals surface area contributed by atoms with Gasteiger partial charge in [-0.05, 0) is 67.6 Å². The molecule has 0 atom stereocenters. The van der Waals surface area contributed by atoms with E-state index < -0.39 is 0 Å². The highest BCUT2D eigenvalue weighted by atomic mass is 16.5. The molecule has 2 N–H and O–H groups in total. The number of ether oxygens (including phenoxy) is 1. The number of rotatable bonds is 7. The number of anilines is 2. The summed E-state index contributed by atoms with van der Waals surface area (Å²) in [5.74, 6) is 1.71. The van der Waals surface area contributed by atoms with Crippen molar-refractivity contribution < 1.29 is 9.53 Å². The molecule has 0 saturated carbocycles. The normalized spacial score (nSPS) is 11.0. The maximum absolute atomic E-state index is 12.6. The zero-order valence-electron chi connectivity index (χ0n) is 19.4. The van der Waals surface area contributed by atoms with Gasteiger partial charge in [0, 0.05) is 24.0 Å². The Bertz CT molecular complexity index is 1570. The largest absolute Gasteiger partial charge is 0.494 e. The molecule has 0 bridgehead atoms. The van der Waals surface area contributed by atoms with Crippen LogP contribution < -0.4 is 20.9 Å². The summed E-state index contributed by atoms with van der Waals surface area (Å²) < 4.78 is 8.80. The molecule has 1 amide bonds. The highest BCUT2D eigenvalue weighted by molar-refractivity contribution is 6.04. The Labute approximate surface area is 201 Å². The fourth-order valence-corrected chi connectivity index (χ4v) is 3.93. The molecule has 9 heteroatoms. The molecule has 176 valence electrons. The van der Waals surface area contributed by atoms with Crippen molar-refractivity contribution in [3.05, 3.63) is 94.5 Å². The Kier molecular flexibility index (Phi) is 5.88. The second-order valence-corrected chi connectivity index (χ2v) is 7.98. The number of hydrogen-bond donors (Lipinski definition) is 2. The molecule has 9 nitrogen and oxygen atoms in total. The van der Waals surface area contributed by atoms with E-state index in [0.29, 0.717) is 41.4 Å². The van der Waals surface area contributed by atoms with E-state index in [-0.39, 0.29) is 11.5 Å². The van der Waals surface area contributed by atoms with Crippen molar-refractivity contribution in [2.75, 3.05) is 17.2 Å². The molecule has 2 aromatic heterocycles. The molecule has 2 heterocycles. The Balaban J connectivity index is 1.30. The number of hydrogen-bond acceptors (Lipinski definition) is 6. The van der Waals surface area contributed by atoms with Crippen LogP contribution in [0.3, 0.4) is 0 Å². The average Bonchev–Trinajstić information content (AvgIpc) is 3.32. The van der Waals surface area contributed by atoms with Gasteiger partial charge in [0.25, 0.3) is 11.5 Å². The minimum Gasteiger partial charge on any atom is -0.494 e. The average molecular weight is 469 g/mol. The SMILES string of the molecule is CCOc1ccc(NC(=O)c2ccc(NCc3nnc4n(C)c(=O)c5ccccc5n34)cc2)cc1. The molecule has 5 aromatic rings. The standard InChI is InChI=1S/C26H24N6O3/c1-3-35-20-14-12-19(13-15-20)28-24(33)17-8-10-18(11-9-17)27-16-23-29-30-26-31(2)25(34)21-6-4-5-7-22(21)32(23)26/h4-15,27H,3,16H2,1-2H3,(H,28,33). The fraction of sp³-hybridized carbons (Fsp3) is 0.154. The van der Waals surface area contributed by atoms with Crippen molar-refractivity contribution in [1.29, 1.82) is 0 Å². The van der Waals surface area contributed by atoms with Crippen LogP contribution in [0.25, 0.3) is 16.7 Å². The number of carbonyl (C=O) groups is 1. The van der Waals surface area contributed by atoms with Gasteiger partial charge in [0.05, 0.1) is 24.1 Å². The van der Waals surface area contributed by atoms with E-state index >= 15 is 0 Å². The number of carbonyl (C=O) groups excluding carboxylic acids is 1. The summed E-state index contributed by atoms with van der Waals surface area (Å²) in [6.07, 6.45) is 0. The predicted molar refractivity (Wildman–Crippen MR) is 135 cm³/mol. The monoisotopic (exact) mass is 468 g/mol. The van der Waals surface area contributed by atoms with Gasteiger partial charge in [0.15, 0.2) is 5.82 Å². The van der Waals surface area contributed by atoms with Crippen molar-refractivity contribution in [1.82, 2.24) is 19.2 Å². The lowest BCUT2D eigenvalue weighted by Crippen LogP contribution is -2.20. The lowest BCUT2D eigenvalue weighted by atomic mass is 10.2. The Morgan fingerprint density at radius 3 is 2.40 bits per heavy atom. The van der Waals surface area contributed by atoms with Crippen molar-refractivity contribution in [2.45, 2.75) is 13.5 Å². The van der Waals surface area contributed by atoms with E-state index in [9.17, 15) is 9.59 Å². The number of aryl methyl sites for hydroxylation is 1. The minimum absolute atomic E-state index is 0.112. The molecule has 0 saturated heterocycles. The number of para-hydroxylation sites is 1. The van der Waals surface area contributed by atoms with E-state index in [1.807, 2.05) is 53.8 Å². The van der Waals surface area contributed by atoms with Crippen LogP contribution in [-0.4, -0.2) is 31.7 Å². The molecule has 35 heavy (non-hydrogen) atoms. The molecule has 0 unspecified atom stereocenters. The van der Waals surface area contributed by atoms with Crippen LogP contribution in [0, 0.1) is 0 Å². The second-order valence-electron chi connectivity index (χ2n) is 7.98. The molecule has 0 aliphatic rings. The maximum atomic E-state index is 12.6. The van der Waals surface area contributed by atoms with E-state index in [1.165, 1.54) is 4.57 Å². The summed E-state index contributed by atoms with van der Waals surface area (Å²) in [6, 6.07) is 21.8. The second kappa shape index (κ2) is 9.30. The topological polar surface area (TPSA) is 103 Å².